The fourth-order valence-electron chi connectivity index (χ4n) is 1.63. The van der Waals surface area contributed by atoms with Crippen LogP contribution in [0.3, 0.4) is 0 Å². The molecule has 0 saturated heterocycles. The predicted molar refractivity (Wildman–Crippen MR) is 66.4 cm³/mol. The molecule has 0 spiro atoms. The zero-order valence-corrected chi connectivity index (χ0v) is 10.5. The number of hydrogen-bond donors (Lipinski definition) is 2. The van der Waals surface area contributed by atoms with Crippen molar-refractivity contribution in [2.24, 2.45) is 0 Å². The van der Waals surface area contributed by atoms with E-state index < -0.39 is 9.84 Å². The van der Waals surface area contributed by atoms with Gasteiger partial charge in [-0.3, -0.25) is 0 Å². The quantitative estimate of drug-likeness (QED) is 0.816. The smallest absolute Gasteiger partial charge is 0.210 e. The van der Waals surface area contributed by atoms with Gasteiger partial charge < -0.3 is 10.2 Å². The number of hydrogen-bond acceptors (Lipinski definition) is 4. The average molecular weight is 264 g/mol. The van der Waals surface area contributed by atoms with Crippen LogP contribution in [0, 0.1) is 6.92 Å². The number of phenols is 2. The van der Waals surface area contributed by atoms with Gasteiger partial charge in [0, 0.05) is 6.07 Å². The van der Waals surface area contributed by atoms with Gasteiger partial charge >= 0.3 is 0 Å². The maximum Gasteiger partial charge on any atom is 0.210 e. The number of aryl methyl sites for hydroxylation is 1. The van der Waals surface area contributed by atoms with E-state index in [0.29, 0.717) is 0 Å². The molecule has 0 heterocycles. The van der Waals surface area contributed by atoms with Crippen molar-refractivity contribution in [3.63, 3.8) is 0 Å². The van der Waals surface area contributed by atoms with Crippen molar-refractivity contribution < 1.29 is 18.6 Å². The standard InChI is InChI=1S/C13H12O4S/c1-9-3-2-4-11(7-9)18(16,17)13-8-10(14)5-6-12(13)15/h2-8,14-15H,1H3. The van der Waals surface area contributed by atoms with Crippen molar-refractivity contribution in [2.45, 2.75) is 16.7 Å². The summed E-state index contributed by atoms with van der Waals surface area (Å²) in [4.78, 5) is -0.212. The summed E-state index contributed by atoms with van der Waals surface area (Å²) in [5.74, 6) is -0.590. The highest BCUT2D eigenvalue weighted by molar-refractivity contribution is 7.91. The van der Waals surface area contributed by atoms with Gasteiger partial charge in [0.2, 0.25) is 9.84 Å². The Morgan fingerprint density at radius 2 is 1.72 bits per heavy atom. The first kappa shape index (κ1) is 12.4. The first-order valence-electron chi connectivity index (χ1n) is 5.25. The molecule has 2 aromatic carbocycles. The maximum absolute atomic E-state index is 12.3. The van der Waals surface area contributed by atoms with E-state index in [2.05, 4.69) is 0 Å². The molecule has 0 aromatic heterocycles. The predicted octanol–water partition coefficient (Wildman–Crippen LogP) is 2.24. The molecule has 5 heteroatoms. The second-order valence-corrected chi connectivity index (χ2v) is 5.89. The van der Waals surface area contributed by atoms with Gasteiger partial charge in [-0.05, 0) is 36.8 Å². The van der Waals surface area contributed by atoms with Crippen LogP contribution in [0.2, 0.25) is 0 Å². The van der Waals surface area contributed by atoms with E-state index in [1.807, 2.05) is 0 Å². The van der Waals surface area contributed by atoms with Crippen LogP contribution >= 0.6 is 0 Å². The minimum atomic E-state index is -3.82. The normalized spacial score (nSPS) is 11.4. The largest absolute Gasteiger partial charge is 0.508 e. The van der Waals surface area contributed by atoms with Crippen LogP contribution in [0.5, 0.6) is 11.5 Å². The Morgan fingerprint density at radius 3 is 2.39 bits per heavy atom. The molecule has 2 aromatic rings. The van der Waals surface area contributed by atoms with E-state index in [1.54, 1.807) is 19.1 Å². The highest BCUT2D eigenvalue weighted by Gasteiger charge is 2.22. The van der Waals surface area contributed by atoms with Crippen LogP contribution in [0.1, 0.15) is 5.56 Å². The van der Waals surface area contributed by atoms with Crippen LogP contribution in [0.4, 0.5) is 0 Å². The molecular formula is C13H12O4S. The van der Waals surface area contributed by atoms with Gasteiger partial charge in [0.15, 0.2) is 0 Å². The molecule has 0 aliphatic heterocycles. The van der Waals surface area contributed by atoms with E-state index in [0.717, 1.165) is 17.7 Å². The molecular weight excluding hydrogens is 252 g/mol. The van der Waals surface area contributed by atoms with Gasteiger partial charge in [0.25, 0.3) is 0 Å². The molecule has 0 fully saturated rings. The number of sulfone groups is 1. The van der Waals surface area contributed by atoms with E-state index in [-0.39, 0.29) is 21.3 Å². The monoisotopic (exact) mass is 264 g/mol. The lowest BCUT2D eigenvalue weighted by molar-refractivity contribution is 0.445. The summed E-state index contributed by atoms with van der Waals surface area (Å²) in [6, 6.07) is 9.78. The van der Waals surface area contributed by atoms with Crippen molar-refractivity contribution in [3.05, 3.63) is 48.0 Å². The third-order valence-corrected chi connectivity index (χ3v) is 4.31. The third kappa shape index (κ3) is 2.17. The summed E-state index contributed by atoms with van der Waals surface area (Å²) in [5, 5.41) is 18.9. The lowest BCUT2D eigenvalue weighted by atomic mass is 10.2. The van der Waals surface area contributed by atoms with Crippen molar-refractivity contribution in [1.29, 1.82) is 0 Å². The number of rotatable bonds is 2. The Labute approximate surface area is 105 Å². The van der Waals surface area contributed by atoms with Crippen LogP contribution < -0.4 is 0 Å². The topological polar surface area (TPSA) is 74.6 Å². The Morgan fingerprint density at radius 1 is 1.00 bits per heavy atom. The Bertz CT molecular complexity index is 690. The van der Waals surface area contributed by atoms with Gasteiger partial charge in [-0.1, -0.05) is 12.1 Å². The molecule has 0 unspecified atom stereocenters. The zero-order valence-electron chi connectivity index (χ0n) is 9.66. The molecule has 2 N–H and O–H groups in total. The van der Waals surface area contributed by atoms with Crippen LogP contribution in [-0.2, 0) is 9.84 Å². The van der Waals surface area contributed by atoms with Crippen molar-refractivity contribution in [3.8, 4) is 11.5 Å². The summed E-state index contributed by atoms with van der Waals surface area (Å²) in [6.45, 7) is 1.78. The highest BCUT2D eigenvalue weighted by Crippen LogP contribution is 2.31. The summed E-state index contributed by atoms with van der Waals surface area (Å²) in [7, 11) is -3.82. The highest BCUT2D eigenvalue weighted by atomic mass is 32.2. The van der Waals surface area contributed by atoms with Gasteiger partial charge in [-0.15, -0.1) is 0 Å². The third-order valence-electron chi connectivity index (χ3n) is 2.53. The molecule has 0 saturated carbocycles. The van der Waals surface area contributed by atoms with Crippen molar-refractivity contribution in [2.75, 3.05) is 0 Å². The molecule has 0 atom stereocenters. The summed E-state index contributed by atoms with van der Waals surface area (Å²) in [6.07, 6.45) is 0. The number of aromatic hydroxyl groups is 2. The van der Waals surface area contributed by atoms with E-state index in [4.69, 9.17) is 0 Å². The minimum Gasteiger partial charge on any atom is -0.508 e. The molecule has 0 radical (unpaired) electrons. The molecule has 0 aliphatic carbocycles. The molecule has 0 bridgehead atoms. The first-order valence-corrected chi connectivity index (χ1v) is 6.73. The fraction of sp³-hybridized carbons (Fsp3) is 0.0769. The second kappa shape index (κ2) is 4.34. The van der Waals surface area contributed by atoms with Crippen molar-refractivity contribution in [1.82, 2.24) is 0 Å². The molecule has 18 heavy (non-hydrogen) atoms. The number of phenolic OH excluding ortho intramolecular Hbond substituents is 2. The Balaban J connectivity index is 2.65. The average Bonchev–Trinajstić information content (AvgIpc) is 2.32. The summed E-state index contributed by atoms with van der Waals surface area (Å²) >= 11 is 0. The van der Waals surface area contributed by atoms with E-state index >= 15 is 0 Å². The SMILES string of the molecule is Cc1cccc(S(=O)(=O)c2cc(O)ccc2O)c1. The van der Waals surface area contributed by atoms with Crippen LogP contribution in [-0.4, -0.2) is 18.6 Å². The second-order valence-electron chi connectivity index (χ2n) is 3.97. The summed E-state index contributed by atoms with van der Waals surface area (Å²) < 4.78 is 24.6. The van der Waals surface area contributed by atoms with Gasteiger partial charge in [0.1, 0.15) is 16.4 Å². The van der Waals surface area contributed by atoms with Crippen LogP contribution in [0.25, 0.3) is 0 Å². The van der Waals surface area contributed by atoms with Gasteiger partial charge in [-0.25, -0.2) is 8.42 Å². The molecule has 94 valence electrons. The van der Waals surface area contributed by atoms with Crippen molar-refractivity contribution >= 4 is 9.84 Å². The zero-order chi connectivity index (χ0) is 13.3. The molecule has 0 aliphatic rings. The van der Waals surface area contributed by atoms with Gasteiger partial charge in [0.05, 0.1) is 4.90 Å². The number of benzene rings is 2. The lowest BCUT2D eigenvalue weighted by Gasteiger charge is -2.07. The van der Waals surface area contributed by atoms with E-state index in [9.17, 15) is 18.6 Å². The Kier molecular flexibility index (Phi) is 3.00. The molecule has 2 rings (SSSR count). The minimum absolute atomic E-state index is 0.0865. The molecule has 4 nitrogen and oxygen atoms in total. The Hall–Kier alpha value is -2.01. The first-order chi connectivity index (χ1) is 8.41. The lowest BCUT2D eigenvalue weighted by Crippen LogP contribution is -2.02. The maximum atomic E-state index is 12.3. The summed E-state index contributed by atoms with van der Waals surface area (Å²) in [5.41, 5.74) is 0.802. The van der Waals surface area contributed by atoms with Gasteiger partial charge in [-0.2, -0.15) is 0 Å². The van der Waals surface area contributed by atoms with Crippen LogP contribution in [0.15, 0.2) is 52.3 Å². The molecule has 0 amide bonds. The van der Waals surface area contributed by atoms with E-state index in [1.165, 1.54) is 18.2 Å². The fourth-order valence-corrected chi connectivity index (χ4v) is 3.10.